The molecule has 160 valence electrons. The van der Waals surface area contributed by atoms with Crippen LogP contribution in [0.1, 0.15) is 23.5 Å². The fourth-order valence-electron chi connectivity index (χ4n) is 4.22. The molecule has 0 radical (unpaired) electrons. The van der Waals surface area contributed by atoms with Crippen LogP contribution in [0, 0.1) is 0 Å². The smallest absolute Gasteiger partial charge is 0.268 e. The van der Waals surface area contributed by atoms with Gasteiger partial charge in [0.25, 0.3) is 10.0 Å². The fraction of sp³-hybridized carbons (Fsp3) is 0.120. The van der Waals surface area contributed by atoms with Crippen molar-refractivity contribution in [3.8, 4) is 0 Å². The normalized spacial score (nSPS) is 16.8. The second-order valence-corrected chi connectivity index (χ2v) is 9.59. The van der Waals surface area contributed by atoms with Crippen LogP contribution in [0.25, 0.3) is 10.9 Å². The molecule has 5 rings (SSSR count). The third-order valence-electron chi connectivity index (χ3n) is 5.81. The van der Waals surface area contributed by atoms with Crippen LogP contribution >= 0.6 is 0 Å². The molecule has 0 saturated carbocycles. The van der Waals surface area contributed by atoms with E-state index in [1.165, 1.54) is 27.2 Å². The Morgan fingerprint density at radius 2 is 1.44 bits per heavy atom. The maximum absolute atomic E-state index is 13.3. The van der Waals surface area contributed by atoms with Crippen molar-refractivity contribution in [2.45, 2.75) is 23.8 Å². The number of carbonyl (C=O) groups is 2. The van der Waals surface area contributed by atoms with Crippen LogP contribution in [0.3, 0.4) is 0 Å². The molecular weight excluding hydrogens is 424 g/mol. The summed E-state index contributed by atoms with van der Waals surface area (Å²) in [6.45, 7) is 0.204. The first kappa shape index (κ1) is 20.2. The molecule has 1 saturated heterocycles. The predicted octanol–water partition coefficient (Wildman–Crippen LogP) is 3.92. The van der Waals surface area contributed by atoms with Crippen LogP contribution in [-0.4, -0.2) is 29.1 Å². The molecule has 2 heterocycles. The average Bonchev–Trinajstić information content (AvgIpc) is 3.34. The fourth-order valence-corrected chi connectivity index (χ4v) is 5.61. The highest BCUT2D eigenvalue weighted by atomic mass is 32.2. The van der Waals surface area contributed by atoms with E-state index in [1.54, 1.807) is 42.5 Å². The number of carbonyl (C=O) groups excluding carboxylic acids is 2. The van der Waals surface area contributed by atoms with Crippen molar-refractivity contribution in [2.24, 2.45) is 0 Å². The summed E-state index contributed by atoms with van der Waals surface area (Å²) in [4.78, 5) is 27.4. The number of likely N-dealkylation sites (tertiary alicyclic amines) is 1. The van der Waals surface area contributed by atoms with Crippen molar-refractivity contribution in [1.29, 1.82) is 0 Å². The first-order valence-electron chi connectivity index (χ1n) is 10.3. The first-order chi connectivity index (χ1) is 15.5. The molecule has 6 nitrogen and oxygen atoms in total. The molecule has 1 aliphatic rings. The summed E-state index contributed by atoms with van der Waals surface area (Å²) in [6, 6.07) is 24.6. The molecule has 1 aliphatic heterocycles. The van der Waals surface area contributed by atoms with E-state index in [-0.39, 0.29) is 29.7 Å². The number of rotatable bonds is 5. The molecule has 1 aromatic heterocycles. The summed E-state index contributed by atoms with van der Waals surface area (Å²) in [5.74, 6) is -1.28. The lowest BCUT2D eigenvalue weighted by atomic mass is 9.97. The van der Waals surface area contributed by atoms with Gasteiger partial charge in [0.15, 0.2) is 0 Å². The number of aromatic nitrogens is 1. The van der Waals surface area contributed by atoms with Crippen LogP contribution in [0.2, 0.25) is 0 Å². The molecule has 0 spiro atoms. The summed E-state index contributed by atoms with van der Waals surface area (Å²) in [7, 11) is -3.86. The zero-order chi connectivity index (χ0) is 22.3. The van der Waals surface area contributed by atoms with Gasteiger partial charge in [0, 0.05) is 18.0 Å². The van der Waals surface area contributed by atoms with Crippen molar-refractivity contribution in [1.82, 2.24) is 8.87 Å². The maximum atomic E-state index is 13.3. The Hall–Kier alpha value is -3.71. The number of benzene rings is 3. The Kier molecular flexibility index (Phi) is 4.90. The Morgan fingerprint density at radius 1 is 0.812 bits per heavy atom. The van der Waals surface area contributed by atoms with E-state index in [4.69, 9.17) is 0 Å². The number of hydrogen-bond donors (Lipinski definition) is 0. The van der Waals surface area contributed by atoms with Crippen molar-refractivity contribution >= 4 is 32.7 Å². The van der Waals surface area contributed by atoms with E-state index in [9.17, 15) is 18.0 Å². The topological polar surface area (TPSA) is 76.5 Å². The molecule has 0 N–H and O–H groups in total. The highest BCUT2D eigenvalue weighted by Crippen LogP contribution is 2.37. The Balaban J connectivity index is 1.57. The summed E-state index contributed by atoms with van der Waals surface area (Å²) < 4.78 is 27.9. The van der Waals surface area contributed by atoms with Gasteiger partial charge in [-0.2, -0.15) is 0 Å². The second-order valence-electron chi connectivity index (χ2n) is 7.78. The van der Waals surface area contributed by atoms with Gasteiger partial charge in [-0.05, 0) is 29.3 Å². The molecule has 0 aliphatic carbocycles. The summed E-state index contributed by atoms with van der Waals surface area (Å²) in [5.41, 5.74) is 1.89. The van der Waals surface area contributed by atoms with Gasteiger partial charge in [-0.1, -0.05) is 66.7 Å². The average molecular weight is 445 g/mol. The lowest BCUT2D eigenvalue weighted by Gasteiger charge is -2.15. The predicted molar refractivity (Wildman–Crippen MR) is 120 cm³/mol. The van der Waals surface area contributed by atoms with Gasteiger partial charge in [-0.3, -0.25) is 14.5 Å². The van der Waals surface area contributed by atoms with E-state index >= 15 is 0 Å². The second kappa shape index (κ2) is 7.76. The number of para-hydroxylation sites is 1. The summed E-state index contributed by atoms with van der Waals surface area (Å²) in [5, 5.41) is 0.653. The van der Waals surface area contributed by atoms with Crippen LogP contribution in [0.15, 0.2) is 96.0 Å². The zero-order valence-corrected chi connectivity index (χ0v) is 17.9. The highest BCUT2D eigenvalue weighted by Gasteiger charge is 2.41. The monoisotopic (exact) mass is 444 g/mol. The maximum Gasteiger partial charge on any atom is 0.268 e. The molecule has 3 aromatic carbocycles. The minimum Gasteiger partial charge on any atom is -0.278 e. The standard InChI is InChI=1S/C25H20N2O4S/c28-24-15-21(25(29)26(24)16-18-9-3-1-4-10-18)22-17-27(23-14-8-7-13-20(22)23)32(30,31)19-11-5-2-6-12-19/h1-14,17,21H,15-16H2. The summed E-state index contributed by atoms with van der Waals surface area (Å²) in [6.07, 6.45) is 1.51. The molecule has 2 amide bonds. The quantitative estimate of drug-likeness (QED) is 0.437. The molecule has 7 heteroatoms. The van der Waals surface area contributed by atoms with Gasteiger partial charge in [-0.25, -0.2) is 12.4 Å². The van der Waals surface area contributed by atoms with Gasteiger partial charge < -0.3 is 0 Å². The third kappa shape index (κ3) is 3.31. The van der Waals surface area contributed by atoms with Crippen molar-refractivity contribution in [3.63, 3.8) is 0 Å². The lowest BCUT2D eigenvalue weighted by Crippen LogP contribution is -2.29. The van der Waals surface area contributed by atoms with Crippen LogP contribution in [-0.2, 0) is 26.2 Å². The molecule has 32 heavy (non-hydrogen) atoms. The van der Waals surface area contributed by atoms with E-state index in [0.717, 1.165) is 5.56 Å². The van der Waals surface area contributed by atoms with Gasteiger partial charge in [0.2, 0.25) is 11.8 Å². The minimum absolute atomic E-state index is 0.0189. The molecule has 1 fully saturated rings. The van der Waals surface area contributed by atoms with Crippen molar-refractivity contribution in [2.75, 3.05) is 0 Å². The Morgan fingerprint density at radius 3 is 2.16 bits per heavy atom. The van der Waals surface area contributed by atoms with E-state index < -0.39 is 15.9 Å². The van der Waals surface area contributed by atoms with Gasteiger partial charge in [0.05, 0.1) is 22.9 Å². The number of amides is 2. The Bertz CT molecular complexity index is 1430. The number of nitrogens with zero attached hydrogens (tertiary/aromatic N) is 2. The zero-order valence-electron chi connectivity index (χ0n) is 17.1. The van der Waals surface area contributed by atoms with E-state index in [0.29, 0.717) is 16.5 Å². The highest BCUT2D eigenvalue weighted by molar-refractivity contribution is 7.90. The largest absolute Gasteiger partial charge is 0.278 e. The Labute approximate surface area is 185 Å². The number of hydrogen-bond acceptors (Lipinski definition) is 4. The van der Waals surface area contributed by atoms with Gasteiger partial charge in [-0.15, -0.1) is 0 Å². The van der Waals surface area contributed by atoms with Crippen LogP contribution < -0.4 is 0 Å². The number of fused-ring (bicyclic) bond motifs is 1. The van der Waals surface area contributed by atoms with E-state index in [2.05, 4.69) is 0 Å². The first-order valence-corrected chi connectivity index (χ1v) is 11.7. The molecule has 1 atom stereocenters. The van der Waals surface area contributed by atoms with Gasteiger partial charge >= 0.3 is 0 Å². The minimum atomic E-state index is -3.86. The number of imide groups is 1. The van der Waals surface area contributed by atoms with Crippen molar-refractivity contribution in [3.05, 3.63) is 102 Å². The molecular formula is C25H20N2O4S. The lowest BCUT2D eigenvalue weighted by molar-refractivity contribution is -0.139. The molecule has 1 unspecified atom stereocenters. The third-order valence-corrected chi connectivity index (χ3v) is 7.50. The molecule has 4 aromatic rings. The summed E-state index contributed by atoms with van der Waals surface area (Å²) >= 11 is 0. The molecule has 0 bridgehead atoms. The van der Waals surface area contributed by atoms with Gasteiger partial charge in [0.1, 0.15) is 0 Å². The SMILES string of the molecule is O=C1CC(c2cn(S(=O)(=O)c3ccccc3)c3ccccc23)C(=O)N1Cc1ccccc1. The van der Waals surface area contributed by atoms with Crippen LogP contribution in [0.5, 0.6) is 0 Å². The van der Waals surface area contributed by atoms with Crippen molar-refractivity contribution < 1.29 is 18.0 Å². The van der Waals surface area contributed by atoms with E-state index in [1.807, 2.05) is 30.3 Å². The van der Waals surface area contributed by atoms with Crippen LogP contribution in [0.4, 0.5) is 0 Å².